The summed E-state index contributed by atoms with van der Waals surface area (Å²) in [7, 11) is -4.02. The quantitative estimate of drug-likeness (QED) is 0.509. The Hall–Kier alpha value is -3.35. The smallest absolute Gasteiger partial charge is 0.321 e. The van der Waals surface area contributed by atoms with Crippen LogP contribution in [0.4, 0.5) is 10.5 Å². The lowest BCUT2D eigenvalue weighted by atomic mass is 10.2. The van der Waals surface area contributed by atoms with E-state index in [0.717, 1.165) is 18.4 Å². The van der Waals surface area contributed by atoms with Crippen LogP contribution in [0.2, 0.25) is 0 Å². The first-order valence-electron chi connectivity index (χ1n) is 13.3. The number of sulfonamides is 1. The molecular formula is C27H34N4O7S. The van der Waals surface area contributed by atoms with Crippen molar-refractivity contribution in [3.05, 3.63) is 48.0 Å². The van der Waals surface area contributed by atoms with Crippen molar-refractivity contribution < 1.29 is 32.2 Å². The average molecular weight is 559 g/mol. The van der Waals surface area contributed by atoms with Gasteiger partial charge < -0.3 is 29.7 Å². The van der Waals surface area contributed by atoms with Gasteiger partial charge in [-0.3, -0.25) is 4.79 Å². The fraction of sp³-hybridized carbons (Fsp3) is 0.481. The highest BCUT2D eigenvalue weighted by Crippen LogP contribution is 2.30. The molecule has 2 N–H and O–H groups in total. The fourth-order valence-corrected chi connectivity index (χ4v) is 6.67. The summed E-state index contributed by atoms with van der Waals surface area (Å²) in [6.07, 6.45) is 2.29. The number of urea groups is 1. The zero-order valence-corrected chi connectivity index (χ0v) is 22.7. The molecule has 0 spiro atoms. The molecule has 2 atom stereocenters. The van der Waals surface area contributed by atoms with Crippen LogP contribution in [0.1, 0.15) is 25.3 Å². The van der Waals surface area contributed by atoms with Gasteiger partial charge in [-0.15, -0.1) is 0 Å². The molecule has 11 nitrogen and oxygen atoms in total. The number of ether oxygens (including phenoxy) is 3. The zero-order chi connectivity index (χ0) is 27.4. The number of carbonyl (C=O) groups is 2. The fourth-order valence-electron chi connectivity index (χ4n) is 5.05. The molecule has 0 bridgehead atoms. The Balaban J connectivity index is 1.33. The van der Waals surface area contributed by atoms with Crippen molar-refractivity contribution in [1.82, 2.24) is 14.5 Å². The third-order valence-corrected chi connectivity index (χ3v) is 9.04. The van der Waals surface area contributed by atoms with E-state index in [2.05, 4.69) is 10.6 Å². The van der Waals surface area contributed by atoms with E-state index < -0.39 is 28.0 Å². The van der Waals surface area contributed by atoms with Crippen molar-refractivity contribution >= 4 is 27.6 Å². The second-order valence-corrected chi connectivity index (χ2v) is 11.6. The summed E-state index contributed by atoms with van der Waals surface area (Å²) < 4.78 is 45.3. The number of hydrogen-bond donors (Lipinski definition) is 2. The molecule has 2 saturated heterocycles. The molecule has 2 unspecified atom stereocenters. The number of anilines is 1. The number of fused-ring (bicyclic) bond motifs is 1. The van der Waals surface area contributed by atoms with E-state index in [1.165, 1.54) is 15.3 Å². The summed E-state index contributed by atoms with van der Waals surface area (Å²) in [5, 5.41) is 5.68. The van der Waals surface area contributed by atoms with Crippen LogP contribution in [-0.2, 0) is 26.0 Å². The van der Waals surface area contributed by atoms with Crippen molar-refractivity contribution in [3.63, 3.8) is 0 Å². The van der Waals surface area contributed by atoms with Gasteiger partial charge in [0.15, 0.2) is 0 Å². The van der Waals surface area contributed by atoms with E-state index in [9.17, 15) is 18.0 Å². The first-order valence-corrected chi connectivity index (χ1v) is 14.7. The Bertz CT molecular complexity index is 1300. The number of hydrogen-bond acceptors (Lipinski definition) is 7. The van der Waals surface area contributed by atoms with Gasteiger partial charge in [0.25, 0.3) is 0 Å². The molecule has 3 aliphatic rings. The van der Waals surface area contributed by atoms with Crippen molar-refractivity contribution in [3.8, 4) is 11.5 Å². The normalized spacial score (nSPS) is 21.2. The van der Waals surface area contributed by atoms with Crippen molar-refractivity contribution in [2.75, 3.05) is 51.3 Å². The first kappa shape index (κ1) is 27.2. The lowest BCUT2D eigenvalue weighted by Gasteiger charge is -2.39. The zero-order valence-electron chi connectivity index (χ0n) is 21.9. The average Bonchev–Trinajstić information content (AvgIpc) is 3.64. The summed E-state index contributed by atoms with van der Waals surface area (Å²) in [6.45, 7) is 3.89. The molecule has 0 saturated carbocycles. The Morgan fingerprint density at radius 3 is 2.67 bits per heavy atom. The van der Waals surface area contributed by atoms with Crippen LogP contribution in [-0.4, -0.2) is 87.7 Å². The van der Waals surface area contributed by atoms with Crippen molar-refractivity contribution in [2.24, 2.45) is 0 Å². The van der Waals surface area contributed by atoms with E-state index in [1.807, 2.05) is 6.92 Å². The Labute approximate surface area is 228 Å². The second kappa shape index (κ2) is 11.8. The van der Waals surface area contributed by atoms with E-state index in [1.54, 1.807) is 36.4 Å². The highest BCUT2D eigenvalue weighted by Gasteiger charge is 2.42. The summed E-state index contributed by atoms with van der Waals surface area (Å²) in [4.78, 5) is 28.1. The van der Waals surface area contributed by atoms with Crippen molar-refractivity contribution in [2.45, 2.75) is 43.2 Å². The molecule has 39 heavy (non-hydrogen) atoms. The molecule has 2 aromatic carbocycles. The van der Waals surface area contributed by atoms with E-state index >= 15 is 0 Å². The summed E-state index contributed by atoms with van der Waals surface area (Å²) in [5.41, 5.74) is 1.39. The highest BCUT2D eigenvalue weighted by atomic mass is 32.2. The molecule has 0 radical (unpaired) electrons. The monoisotopic (exact) mass is 558 g/mol. The van der Waals surface area contributed by atoms with Crippen LogP contribution >= 0.6 is 0 Å². The van der Waals surface area contributed by atoms with Crippen LogP contribution in [0, 0.1) is 0 Å². The van der Waals surface area contributed by atoms with Crippen LogP contribution in [0.25, 0.3) is 0 Å². The molecule has 210 valence electrons. The largest absolute Gasteiger partial charge is 0.494 e. The lowest BCUT2D eigenvalue weighted by molar-refractivity contribution is -0.126. The first-order chi connectivity index (χ1) is 18.8. The number of carbonyl (C=O) groups excluding carboxylic acids is 2. The minimum absolute atomic E-state index is 0.0232. The van der Waals surface area contributed by atoms with Crippen LogP contribution in [0.5, 0.6) is 11.5 Å². The van der Waals surface area contributed by atoms with Gasteiger partial charge in [0, 0.05) is 44.9 Å². The molecule has 2 aromatic rings. The number of amides is 3. The van der Waals surface area contributed by atoms with E-state index in [0.29, 0.717) is 43.4 Å². The molecule has 0 aliphatic carbocycles. The Morgan fingerprint density at radius 2 is 1.92 bits per heavy atom. The number of nitrogens with zero attached hydrogens (tertiary/aromatic N) is 2. The van der Waals surface area contributed by atoms with Gasteiger partial charge in [-0.2, -0.15) is 4.31 Å². The van der Waals surface area contributed by atoms with Crippen LogP contribution in [0.3, 0.4) is 0 Å². The minimum atomic E-state index is -4.02. The van der Waals surface area contributed by atoms with Gasteiger partial charge in [-0.05, 0) is 67.8 Å². The number of nitrogens with one attached hydrogen (secondary N) is 2. The maximum absolute atomic E-state index is 13.8. The van der Waals surface area contributed by atoms with Gasteiger partial charge >= 0.3 is 6.03 Å². The predicted octanol–water partition coefficient (Wildman–Crippen LogP) is 2.22. The van der Waals surface area contributed by atoms with Crippen LogP contribution < -0.4 is 20.1 Å². The SMILES string of the molecule is CCOc1ccc(NC(=O)N2CCN(S(=O)(=O)c3ccc4c(c3)CCO4)C(C(=O)NCC3CCCO3)C2)cc1. The third kappa shape index (κ3) is 6.13. The highest BCUT2D eigenvalue weighted by molar-refractivity contribution is 7.89. The van der Waals surface area contributed by atoms with E-state index in [-0.39, 0.29) is 37.2 Å². The number of rotatable bonds is 8. The van der Waals surface area contributed by atoms with Crippen LogP contribution in [0.15, 0.2) is 47.4 Å². The maximum Gasteiger partial charge on any atom is 0.321 e. The number of benzene rings is 2. The lowest BCUT2D eigenvalue weighted by Crippen LogP contribution is -2.62. The molecule has 3 aliphatic heterocycles. The van der Waals surface area contributed by atoms with Gasteiger partial charge in [-0.1, -0.05) is 0 Å². The van der Waals surface area contributed by atoms with Gasteiger partial charge in [0.05, 0.1) is 24.2 Å². The number of piperazine rings is 1. The molecule has 2 fully saturated rings. The van der Waals surface area contributed by atoms with Gasteiger partial charge in [-0.25, -0.2) is 13.2 Å². The van der Waals surface area contributed by atoms with Crippen molar-refractivity contribution in [1.29, 1.82) is 0 Å². The summed E-state index contributed by atoms with van der Waals surface area (Å²) in [5.74, 6) is 0.906. The second-order valence-electron chi connectivity index (χ2n) is 9.71. The predicted molar refractivity (Wildman–Crippen MR) is 144 cm³/mol. The molecule has 3 amide bonds. The molecular weight excluding hydrogens is 524 g/mol. The minimum Gasteiger partial charge on any atom is -0.494 e. The topological polar surface area (TPSA) is 127 Å². The third-order valence-electron chi connectivity index (χ3n) is 7.13. The van der Waals surface area contributed by atoms with E-state index in [4.69, 9.17) is 14.2 Å². The summed E-state index contributed by atoms with van der Waals surface area (Å²) >= 11 is 0. The maximum atomic E-state index is 13.8. The molecule has 12 heteroatoms. The standard InChI is InChI=1S/C27H34N4O7S/c1-2-36-21-7-5-20(6-8-21)29-27(33)30-12-13-31(24(18-30)26(32)28-17-22-4-3-14-37-22)39(34,35)23-9-10-25-19(16-23)11-15-38-25/h5-10,16,22,24H,2-4,11-15,17-18H2,1H3,(H,28,32)(H,29,33). The summed E-state index contributed by atoms with van der Waals surface area (Å²) in [6, 6.07) is 10.2. The molecule has 3 heterocycles. The van der Waals surface area contributed by atoms with Gasteiger partial charge in [0.2, 0.25) is 15.9 Å². The Kier molecular flexibility index (Phi) is 8.24. The molecule has 0 aromatic heterocycles. The Morgan fingerprint density at radius 1 is 1.10 bits per heavy atom. The molecule has 5 rings (SSSR count). The van der Waals surface area contributed by atoms with Gasteiger partial charge in [0.1, 0.15) is 17.5 Å².